The van der Waals surface area contributed by atoms with Crippen LogP contribution in [0.4, 0.5) is 4.79 Å². The van der Waals surface area contributed by atoms with E-state index in [4.69, 9.17) is 14.9 Å². The molecular formula is C26H30N2O6. The standard InChI is InChI=1S/C26H30N2O6/c29-14-13-23(25(31)32)28-24(30)16-9-11-17(12-10-16)27-26(33)34-15-22-20-7-3-1-5-18(20)19-6-2-4-8-21(19)22/h1-8,16-17,22-23,29H,9-15H2,(H,27,33)(H,28,30)(H,31,32)/t16?,17?,23-/m1/s1. The third-order valence-corrected chi connectivity index (χ3v) is 6.80. The summed E-state index contributed by atoms with van der Waals surface area (Å²) in [7, 11) is 0. The second-order valence-electron chi connectivity index (χ2n) is 8.93. The monoisotopic (exact) mass is 466 g/mol. The highest BCUT2D eigenvalue weighted by molar-refractivity contribution is 5.85. The Hall–Kier alpha value is -3.39. The first kappa shape index (κ1) is 23.8. The number of hydrogen-bond acceptors (Lipinski definition) is 5. The van der Waals surface area contributed by atoms with E-state index in [1.807, 2.05) is 24.3 Å². The molecule has 0 aliphatic heterocycles. The lowest BCUT2D eigenvalue weighted by molar-refractivity contribution is -0.143. The van der Waals surface area contributed by atoms with Crippen LogP contribution >= 0.6 is 0 Å². The second-order valence-corrected chi connectivity index (χ2v) is 8.93. The van der Waals surface area contributed by atoms with Crippen LogP contribution in [0.25, 0.3) is 11.1 Å². The molecule has 4 rings (SSSR count). The van der Waals surface area contributed by atoms with Crippen LogP contribution in [0.3, 0.4) is 0 Å². The largest absolute Gasteiger partial charge is 0.480 e. The molecular weight excluding hydrogens is 436 g/mol. The van der Waals surface area contributed by atoms with Gasteiger partial charge >= 0.3 is 12.1 Å². The zero-order valence-electron chi connectivity index (χ0n) is 18.9. The Morgan fingerprint density at radius 3 is 2.09 bits per heavy atom. The Bertz CT molecular complexity index is 1000. The van der Waals surface area contributed by atoms with Gasteiger partial charge in [0, 0.05) is 30.9 Å². The molecule has 1 atom stereocenters. The lowest BCUT2D eigenvalue weighted by atomic mass is 9.85. The van der Waals surface area contributed by atoms with Crippen molar-refractivity contribution in [3.05, 3.63) is 59.7 Å². The van der Waals surface area contributed by atoms with Crippen LogP contribution in [-0.4, -0.2) is 53.5 Å². The van der Waals surface area contributed by atoms with Crippen molar-refractivity contribution in [2.24, 2.45) is 5.92 Å². The first-order valence-corrected chi connectivity index (χ1v) is 11.7. The summed E-state index contributed by atoms with van der Waals surface area (Å²) in [5.74, 6) is -1.78. The van der Waals surface area contributed by atoms with Gasteiger partial charge in [-0.05, 0) is 47.9 Å². The van der Waals surface area contributed by atoms with Crippen molar-refractivity contribution in [3.63, 3.8) is 0 Å². The fourth-order valence-corrected chi connectivity index (χ4v) is 4.98. The van der Waals surface area contributed by atoms with E-state index in [0.717, 1.165) is 11.1 Å². The summed E-state index contributed by atoms with van der Waals surface area (Å²) in [5, 5.41) is 23.5. The minimum absolute atomic E-state index is 0.00122. The summed E-state index contributed by atoms with van der Waals surface area (Å²) in [6, 6.07) is 15.2. The molecule has 2 amide bonds. The third-order valence-electron chi connectivity index (χ3n) is 6.80. The van der Waals surface area contributed by atoms with Crippen molar-refractivity contribution in [2.75, 3.05) is 13.2 Å². The van der Waals surface area contributed by atoms with Gasteiger partial charge in [-0.1, -0.05) is 48.5 Å². The fourth-order valence-electron chi connectivity index (χ4n) is 4.98. The van der Waals surface area contributed by atoms with Gasteiger partial charge in [-0.2, -0.15) is 0 Å². The summed E-state index contributed by atoms with van der Waals surface area (Å²) in [6.45, 7) is -0.0624. The molecule has 0 bridgehead atoms. The van der Waals surface area contributed by atoms with Crippen LogP contribution in [0.5, 0.6) is 0 Å². The number of ether oxygens (including phenoxy) is 1. The van der Waals surface area contributed by atoms with Crippen LogP contribution in [0.15, 0.2) is 48.5 Å². The Balaban J connectivity index is 1.25. The Morgan fingerprint density at radius 2 is 1.53 bits per heavy atom. The summed E-state index contributed by atoms with van der Waals surface area (Å²) in [6.07, 6.45) is 1.82. The first-order chi connectivity index (χ1) is 16.5. The number of alkyl carbamates (subject to hydrolysis) is 1. The quantitative estimate of drug-likeness (QED) is 0.474. The van der Waals surface area contributed by atoms with Gasteiger partial charge < -0.3 is 25.6 Å². The number of benzene rings is 2. The molecule has 0 aromatic heterocycles. The van der Waals surface area contributed by atoms with E-state index in [0.29, 0.717) is 25.7 Å². The van der Waals surface area contributed by atoms with E-state index in [-0.39, 0.29) is 43.4 Å². The van der Waals surface area contributed by atoms with Crippen molar-refractivity contribution in [1.29, 1.82) is 0 Å². The molecule has 0 unspecified atom stereocenters. The van der Waals surface area contributed by atoms with Crippen LogP contribution in [0, 0.1) is 5.92 Å². The number of aliphatic carboxylic acids is 1. The number of carboxylic acid groups (broad SMARTS) is 1. The predicted molar refractivity (Wildman–Crippen MR) is 125 cm³/mol. The SMILES string of the molecule is O=C(NC1CCC(C(=O)N[C@H](CCO)C(=O)O)CC1)OCC1c2ccccc2-c2ccccc21. The maximum Gasteiger partial charge on any atom is 0.407 e. The number of rotatable bonds is 8. The third kappa shape index (κ3) is 5.22. The number of carbonyl (C=O) groups is 3. The number of aliphatic hydroxyl groups excluding tert-OH is 1. The maximum atomic E-state index is 12.5. The minimum atomic E-state index is -1.16. The normalized spacial score (nSPS) is 20.0. The topological polar surface area (TPSA) is 125 Å². The highest BCUT2D eigenvalue weighted by Crippen LogP contribution is 2.44. The van der Waals surface area contributed by atoms with Crippen LogP contribution in [0.1, 0.15) is 49.1 Å². The summed E-state index contributed by atoms with van der Waals surface area (Å²) < 4.78 is 5.60. The number of hydrogen-bond donors (Lipinski definition) is 4. The molecule has 2 aromatic carbocycles. The van der Waals surface area contributed by atoms with Gasteiger partial charge in [0.2, 0.25) is 5.91 Å². The second kappa shape index (κ2) is 10.7. The Labute approximate surface area is 198 Å². The average molecular weight is 467 g/mol. The molecule has 1 fully saturated rings. The molecule has 1 saturated carbocycles. The summed E-state index contributed by atoms with van der Waals surface area (Å²) in [4.78, 5) is 36.1. The summed E-state index contributed by atoms with van der Waals surface area (Å²) in [5.41, 5.74) is 4.66. The number of amides is 2. The van der Waals surface area contributed by atoms with Gasteiger partial charge in [0.25, 0.3) is 0 Å². The Morgan fingerprint density at radius 1 is 0.941 bits per heavy atom. The van der Waals surface area contributed by atoms with Crippen molar-refractivity contribution in [2.45, 2.75) is 50.1 Å². The molecule has 2 aliphatic rings. The van der Waals surface area contributed by atoms with Crippen molar-refractivity contribution >= 4 is 18.0 Å². The van der Waals surface area contributed by atoms with E-state index in [2.05, 4.69) is 34.9 Å². The highest BCUT2D eigenvalue weighted by atomic mass is 16.5. The highest BCUT2D eigenvalue weighted by Gasteiger charge is 2.31. The molecule has 2 aliphatic carbocycles. The molecule has 0 heterocycles. The van der Waals surface area contributed by atoms with Gasteiger partial charge in [-0.3, -0.25) is 4.79 Å². The van der Waals surface area contributed by atoms with E-state index in [9.17, 15) is 14.4 Å². The van der Waals surface area contributed by atoms with E-state index >= 15 is 0 Å². The summed E-state index contributed by atoms with van der Waals surface area (Å²) >= 11 is 0. The van der Waals surface area contributed by atoms with Crippen molar-refractivity contribution < 1.29 is 29.3 Å². The molecule has 0 saturated heterocycles. The number of carboxylic acids is 1. The molecule has 8 nitrogen and oxygen atoms in total. The molecule has 0 spiro atoms. The maximum absolute atomic E-state index is 12.5. The van der Waals surface area contributed by atoms with Crippen LogP contribution in [-0.2, 0) is 14.3 Å². The van der Waals surface area contributed by atoms with Crippen LogP contribution < -0.4 is 10.6 Å². The average Bonchev–Trinajstić information content (AvgIpc) is 3.16. The lowest BCUT2D eigenvalue weighted by Gasteiger charge is -2.29. The van der Waals surface area contributed by atoms with Gasteiger partial charge in [0.1, 0.15) is 12.6 Å². The molecule has 2 aromatic rings. The molecule has 34 heavy (non-hydrogen) atoms. The zero-order chi connectivity index (χ0) is 24.1. The number of fused-ring (bicyclic) bond motifs is 3. The minimum Gasteiger partial charge on any atom is -0.480 e. The Kier molecular flexibility index (Phi) is 7.47. The van der Waals surface area contributed by atoms with Gasteiger partial charge in [-0.25, -0.2) is 9.59 Å². The first-order valence-electron chi connectivity index (χ1n) is 11.7. The number of aliphatic hydroxyl groups is 1. The lowest BCUT2D eigenvalue weighted by Crippen LogP contribution is -2.46. The van der Waals surface area contributed by atoms with Gasteiger partial charge in [-0.15, -0.1) is 0 Å². The van der Waals surface area contributed by atoms with Gasteiger partial charge in [0.05, 0.1) is 0 Å². The van der Waals surface area contributed by atoms with E-state index < -0.39 is 18.1 Å². The molecule has 4 N–H and O–H groups in total. The molecule has 8 heteroatoms. The number of carbonyl (C=O) groups excluding carboxylic acids is 2. The van der Waals surface area contributed by atoms with Crippen molar-refractivity contribution in [3.8, 4) is 11.1 Å². The van der Waals surface area contributed by atoms with E-state index in [1.54, 1.807) is 0 Å². The zero-order valence-corrected chi connectivity index (χ0v) is 18.9. The van der Waals surface area contributed by atoms with Crippen molar-refractivity contribution in [1.82, 2.24) is 10.6 Å². The number of nitrogens with one attached hydrogen (secondary N) is 2. The fraction of sp³-hybridized carbons (Fsp3) is 0.423. The predicted octanol–water partition coefficient (Wildman–Crippen LogP) is 3.04. The van der Waals surface area contributed by atoms with Gasteiger partial charge in [0.15, 0.2) is 0 Å². The van der Waals surface area contributed by atoms with Crippen LogP contribution in [0.2, 0.25) is 0 Å². The smallest absolute Gasteiger partial charge is 0.407 e. The molecule has 0 radical (unpaired) electrons. The van der Waals surface area contributed by atoms with E-state index in [1.165, 1.54) is 11.1 Å². The molecule has 180 valence electrons.